The molecule has 0 radical (unpaired) electrons. The number of esters is 1. The molecule has 2 aliphatic carbocycles. The van der Waals surface area contributed by atoms with Crippen molar-refractivity contribution in [1.82, 2.24) is 0 Å². The topological polar surface area (TPSA) is 60.4 Å². The Kier molecular flexibility index (Phi) is 3.15. The fourth-order valence-corrected chi connectivity index (χ4v) is 3.69. The van der Waals surface area contributed by atoms with Crippen molar-refractivity contribution in [2.24, 2.45) is 16.7 Å². The van der Waals surface area contributed by atoms with Crippen molar-refractivity contribution in [3.8, 4) is 0 Å². The fraction of sp³-hybridized carbons (Fsp3) is 0.667. The highest BCUT2D eigenvalue weighted by Gasteiger charge is 2.58. The van der Waals surface area contributed by atoms with Crippen molar-refractivity contribution in [3.63, 3.8) is 0 Å². The zero-order valence-electron chi connectivity index (χ0n) is 11.9. The number of carbonyl (C=O) groups excluding carboxylic acids is 3. The first-order chi connectivity index (χ1) is 8.72. The Balaban J connectivity index is 2.45. The molecule has 0 spiro atoms. The summed E-state index contributed by atoms with van der Waals surface area (Å²) in [6, 6.07) is 0. The molecule has 4 nitrogen and oxygen atoms in total. The van der Waals surface area contributed by atoms with Gasteiger partial charge in [-0.15, -0.1) is 0 Å². The normalized spacial score (nSPS) is 32.8. The first-order valence-corrected chi connectivity index (χ1v) is 6.67. The Morgan fingerprint density at radius 1 is 1.32 bits per heavy atom. The minimum Gasteiger partial charge on any atom is -0.465 e. The Labute approximate surface area is 113 Å². The molecule has 4 heteroatoms. The standard InChI is InChI=1S/C15H20O4/c1-5-19-13(18)12-10(17)6-11-14(2,3)7-9(16)8-15(11,12)4/h6,12H,5,7-8H2,1-4H3. The van der Waals surface area contributed by atoms with Crippen molar-refractivity contribution >= 4 is 17.5 Å². The Bertz CT molecular complexity index is 486. The molecule has 0 amide bonds. The zero-order valence-corrected chi connectivity index (χ0v) is 11.9. The number of Topliss-reactive ketones (excluding diaryl/α,β-unsaturated/α-hetero) is 1. The van der Waals surface area contributed by atoms with Gasteiger partial charge in [0.25, 0.3) is 0 Å². The minimum atomic E-state index is -0.856. The van der Waals surface area contributed by atoms with Gasteiger partial charge in [0, 0.05) is 18.3 Å². The molecule has 104 valence electrons. The van der Waals surface area contributed by atoms with Gasteiger partial charge < -0.3 is 4.74 Å². The van der Waals surface area contributed by atoms with Crippen molar-refractivity contribution in [1.29, 1.82) is 0 Å². The van der Waals surface area contributed by atoms with Crippen LogP contribution in [0.15, 0.2) is 11.6 Å². The van der Waals surface area contributed by atoms with Gasteiger partial charge in [-0.25, -0.2) is 0 Å². The molecule has 1 saturated carbocycles. The molecule has 0 aromatic rings. The van der Waals surface area contributed by atoms with Crippen molar-refractivity contribution in [2.75, 3.05) is 6.61 Å². The molecule has 0 aromatic carbocycles. The molecule has 0 N–H and O–H groups in total. The summed E-state index contributed by atoms with van der Waals surface area (Å²) in [4.78, 5) is 36.2. The molecular weight excluding hydrogens is 244 g/mol. The van der Waals surface area contributed by atoms with E-state index < -0.39 is 17.3 Å². The van der Waals surface area contributed by atoms with Crippen LogP contribution in [0, 0.1) is 16.7 Å². The number of carbonyl (C=O) groups is 3. The van der Waals surface area contributed by atoms with Gasteiger partial charge in [0.15, 0.2) is 5.78 Å². The number of hydrogen-bond donors (Lipinski definition) is 0. The van der Waals surface area contributed by atoms with Gasteiger partial charge >= 0.3 is 5.97 Å². The third-order valence-corrected chi connectivity index (χ3v) is 4.28. The lowest BCUT2D eigenvalue weighted by Crippen LogP contribution is -2.44. The molecule has 19 heavy (non-hydrogen) atoms. The van der Waals surface area contributed by atoms with E-state index in [1.165, 1.54) is 0 Å². The Morgan fingerprint density at radius 3 is 2.53 bits per heavy atom. The average Bonchev–Trinajstić information content (AvgIpc) is 2.49. The van der Waals surface area contributed by atoms with E-state index in [0.717, 1.165) is 5.57 Å². The maximum Gasteiger partial charge on any atom is 0.317 e. The van der Waals surface area contributed by atoms with E-state index in [0.29, 0.717) is 6.42 Å². The number of hydrogen-bond acceptors (Lipinski definition) is 4. The first-order valence-electron chi connectivity index (χ1n) is 6.67. The van der Waals surface area contributed by atoms with Crippen LogP contribution in [0.2, 0.25) is 0 Å². The molecule has 2 rings (SSSR count). The summed E-state index contributed by atoms with van der Waals surface area (Å²) < 4.78 is 5.01. The number of allylic oxidation sites excluding steroid dienone is 2. The summed E-state index contributed by atoms with van der Waals surface area (Å²) in [7, 11) is 0. The Morgan fingerprint density at radius 2 is 1.95 bits per heavy atom. The number of rotatable bonds is 2. The smallest absolute Gasteiger partial charge is 0.317 e. The molecule has 0 heterocycles. The van der Waals surface area contributed by atoms with E-state index in [4.69, 9.17) is 4.74 Å². The van der Waals surface area contributed by atoms with Crippen molar-refractivity contribution < 1.29 is 19.1 Å². The summed E-state index contributed by atoms with van der Waals surface area (Å²) in [5, 5.41) is 0. The van der Waals surface area contributed by atoms with Gasteiger partial charge in [0.05, 0.1) is 6.61 Å². The monoisotopic (exact) mass is 264 g/mol. The predicted octanol–water partition coefficient (Wildman–Crippen LogP) is 2.07. The summed E-state index contributed by atoms with van der Waals surface area (Å²) in [5.41, 5.74) is -0.147. The van der Waals surface area contributed by atoms with Crippen LogP contribution >= 0.6 is 0 Å². The molecule has 0 aliphatic heterocycles. The van der Waals surface area contributed by atoms with Crippen molar-refractivity contribution in [2.45, 2.75) is 40.5 Å². The van der Waals surface area contributed by atoms with Crippen LogP contribution in [0.5, 0.6) is 0 Å². The highest BCUT2D eigenvalue weighted by atomic mass is 16.5. The molecule has 2 unspecified atom stereocenters. The van der Waals surface area contributed by atoms with Crippen LogP contribution in [0.3, 0.4) is 0 Å². The van der Waals surface area contributed by atoms with Crippen LogP contribution < -0.4 is 0 Å². The van der Waals surface area contributed by atoms with E-state index in [1.807, 2.05) is 20.8 Å². The summed E-state index contributed by atoms with van der Waals surface area (Å²) in [6.07, 6.45) is 2.24. The van der Waals surface area contributed by atoms with Gasteiger partial charge in [-0.1, -0.05) is 26.3 Å². The minimum absolute atomic E-state index is 0.105. The highest BCUT2D eigenvalue weighted by Crippen LogP contribution is 2.56. The van der Waals surface area contributed by atoms with Crippen LogP contribution in [0.4, 0.5) is 0 Å². The van der Waals surface area contributed by atoms with Crippen molar-refractivity contribution in [3.05, 3.63) is 11.6 Å². The van der Waals surface area contributed by atoms with Gasteiger partial charge in [-0.2, -0.15) is 0 Å². The van der Waals surface area contributed by atoms with Gasteiger partial charge in [0.2, 0.25) is 0 Å². The molecule has 0 aromatic heterocycles. The molecule has 0 saturated heterocycles. The second kappa shape index (κ2) is 4.29. The third kappa shape index (κ3) is 2.03. The maximum atomic E-state index is 12.2. The molecule has 2 atom stereocenters. The second-order valence-electron chi connectivity index (χ2n) is 6.34. The molecule has 2 aliphatic rings. The van der Waals surface area contributed by atoms with Gasteiger partial charge in [-0.3, -0.25) is 14.4 Å². The number of ketones is 2. The van der Waals surface area contributed by atoms with E-state index >= 15 is 0 Å². The van der Waals surface area contributed by atoms with E-state index in [2.05, 4.69) is 0 Å². The van der Waals surface area contributed by atoms with Crippen LogP contribution in [0.1, 0.15) is 40.5 Å². The van der Waals surface area contributed by atoms with E-state index in [1.54, 1.807) is 13.0 Å². The lowest BCUT2D eigenvalue weighted by Gasteiger charge is -2.44. The zero-order chi connectivity index (χ0) is 14.4. The fourth-order valence-electron chi connectivity index (χ4n) is 3.69. The number of fused-ring (bicyclic) bond motifs is 1. The quantitative estimate of drug-likeness (QED) is 0.566. The van der Waals surface area contributed by atoms with Crippen LogP contribution in [-0.4, -0.2) is 24.1 Å². The lowest BCUT2D eigenvalue weighted by molar-refractivity contribution is -0.154. The number of ether oxygens (including phenoxy) is 1. The molecular formula is C15H20O4. The summed E-state index contributed by atoms with van der Waals surface area (Å²) in [6.45, 7) is 7.70. The highest BCUT2D eigenvalue weighted by molar-refractivity contribution is 6.10. The SMILES string of the molecule is CCOC(=O)C1C(=O)C=C2C(C)(C)CC(=O)CC21C. The summed E-state index contributed by atoms with van der Waals surface area (Å²) >= 11 is 0. The average molecular weight is 264 g/mol. The molecule has 1 fully saturated rings. The first kappa shape index (κ1) is 14.0. The second-order valence-corrected chi connectivity index (χ2v) is 6.34. The Hall–Kier alpha value is -1.45. The van der Waals surface area contributed by atoms with Gasteiger partial charge in [0.1, 0.15) is 11.7 Å². The maximum absolute atomic E-state index is 12.2. The van der Waals surface area contributed by atoms with Crippen LogP contribution in [0.25, 0.3) is 0 Å². The van der Waals surface area contributed by atoms with Crippen LogP contribution in [-0.2, 0) is 19.1 Å². The molecule has 0 bridgehead atoms. The third-order valence-electron chi connectivity index (χ3n) is 4.28. The van der Waals surface area contributed by atoms with Gasteiger partial charge in [-0.05, 0) is 18.4 Å². The summed E-state index contributed by atoms with van der Waals surface area (Å²) in [5.74, 6) is -1.48. The lowest BCUT2D eigenvalue weighted by atomic mass is 9.58. The predicted molar refractivity (Wildman–Crippen MR) is 69.3 cm³/mol. The van der Waals surface area contributed by atoms with E-state index in [-0.39, 0.29) is 30.0 Å². The van der Waals surface area contributed by atoms with E-state index in [9.17, 15) is 14.4 Å². The largest absolute Gasteiger partial charge is 0.465 e.